The standard InChI is InChI=1S/C13H21NO2Si/c1-13(2,3)17(4,5)16-10-12-11(9-15)7-6-8-14-12/h6-9H,10H2,1-5H3. The molecule has 4 heteroatoms. The first-order chi connectivity index (χ1) is 7.78. The first-order valence-electron chi connectivity index (χ1n) is 5.81. The summed E-state index contributed by atoms with van der Waals surface area (Å²) < 4.78 is 6.04. The molecule has 1 rings (SSSR count). The van der Waals surface area contributed by atoms with Crippen molar-refractivity contribution in [2.45, 2.75) is 45.5 Å². The van der Waals surface area contributed by atoms with Crippen LogP contribution in [0.2, 0.25) is 18.1 Å². The van der Waals surface area contributed by atoms with Crippen LogP contribution in [0, 0.1) is 0 Å². The van der Waals surface area contributed by atoms with Crippen molar-refractivity contribution in [3.05, 3.63) is 29.6 Å². The predicted octanol–water partition coefficient (Wildman–Crippen LogP) is 3.42. The molecule has 3 nitrogen and oxygen atoms in total. The minimum absolute atomic E-state index is 0.170. The Morgan fingerprint density at radius 2 is 2.06 bits per heavy atom. The minimum atomic E-state index is -1.78. The number of carbonyl (C=O) groups is 1. The van der Waals surface area contributed by atoms with E-state index in [2.05, 4.69) is 38.8 Å². The lowest BCUT2D eigenvalue weighted by molar-refractivity contribution is 0.112. The van der Waals surface area contributed by atoms with Crippen LogP contribution in [0.5, 0.6) is 0 Å². The Morgan fingerprint density at radius 3 is 2.59 bits per heavy atom. The Kier molecular flexibility index (Phi) is 4.22. The van der Waals surface area contributed by atoms with Gasteiger partial charge in [0.1, 0.15) is 0 Å². The van der Waals surface area contributed by atoms with Crippen LogP contribution in [-0.4, -0.2) is 19.6 Å². The number of aldehydes is 1. The Labute approximate surface area is 104 Å². The second-order valence-corrected chi connectivity index (χ2v) is 10.5. The van der Waals surface area contributed by atoms with E-state index in [4.69, 9.17) is 4.43 Å². The van der Waals surface area contributed by atoms with Gasteiger partial charge in [-0.1, -0.05) is 20.8 Å². The fraction of sp³-hybridized carbons (Fsp3) is 0.538. The molecule has 1 aromatic heterocycles. The molecule has 0 atom stereocenters. The molecule has 0 aliphatic carbocycles. The maximum atomic E-state index is 10.9. The predicted molar refractivity (Wildman–Crippen MR) is 71.6 cm³/mol. The molecule has 0 aromatic carbocycles. The van der Waals surface area contributed by atoms with Crippen LogP contribution in [0.1, 0.15) is 36.8 Å². The van der Waals surface area contributed by atoms with E-state index in [-0.39, 0.29) is 5.04 Å². The third-order valence-corrected chi connectivity index (χ3v) is 7.91. The minimum Gasteiger partial charge on any atom is -0.411 e. The summed E-state index contributed by atoms with van der Waals surface area (Å²) in [5.41, 5.74) is 1.35. The smallest absolute Gasteiger partial charge is 0.192 e. The average molecular weight is 251 g/mol. The van der Waals surface area contributed by atoms with Gasteiger partial charge < -0.3 is 4.43 Å². The van der Waals surface area contributed by atoms with Crippen molar-refractivity contribution in [1.29, 1.82) is 0 Å². The van der Waals surface area contributed by atoms with Crippen LogP contribution >= 0.6 is 0 Å². The summed E-state index contributed by atoms with van der Waals surface area (Å²) in [6.45, 7) is 11.4. The normalized spacial score (nSPS) is 12.5. The third-order valence-electron chi connectivity index (χ3n) is 3.43. The highest BCUT2D eigenvalue weighted by molar-refractivity contribution is 6.74. The van der Waals surface area contributed by atoms with E-state index in [0.29, 0.717) is 12.2 Å². The summed E-state index contributed by atoms with van der Waals surface area (Å²) in [5, 5.41) is 0.170. The Morgan fingerprint density at radius 1 is 1.41 bits per heavy atom. The number of nitrogens with zero attached hydrogens (tertiary/aromatic N) is 1. The number of hydrogen-bond donors (Lipinski definition) is 0. The van der Waals surface area contributed by atoms with Crippen LogP contribution < -0.4 is 0 Å². The second-order valence-electron chi connectivity index (χ2n) is 5.71. The molecule has 0 aliphatic rings. The molecular formula is C13H21NO2Si. The molecule has 1 aromatic rings. The monoisotopic (exact) mass is 251 g/mol. The summed E-state index contributed by atoms with van der Waals surface area (Å²) in [7, 11) is -1.78. The van der Waals surface area contributed by atoms with Crippen molar-refractivity contribution in [1.82, 2.24) is 4.98 Å². The largest absolute Gasteiger partial charge is 0.411 e. The molecule has 0 N–H and O–H groups in total. The van der Waals surface area contributed by atoms with E-state index >= 15 is 0 Å². The Hall–Kier alpha value is -1.00. The van der Waals surface area contributed by atoms with E-state index in [1.165, 1.54) is 0 Å². The summed E-state index contributed by atoms with van der Waals surface area (Å²) in [5.74, 6) is 0. The molecule has 0 radical (unpaired) electrons. The van der Waals surface area contributed by atoms with Gasteiger partial charge >= 0.3 is 0 Å². The first-order valence-corrected chi connectivity index (χ1v) is 8.72. The van der Waals surface area contributed by atoms with Crippen molar-refractivity contribution in [2.75, 3.05) is 0 Å². The van der Waals surface area contributed by atoms with Crippen LogP contribution in [0.15, 0.2) is 18.3 Å². The molecule has 17 heavy (non-hydrogen) atoms. The molecule has 1 heterocycles. The number of carbonyl (C=O) groups excluding carboxylic acids is 1. The molecular weight excluding hydrogens is 230 g/mol. The zero-order valence-electron chi connectivity index (χ0n) is 11.3. The molecule has 0 amide bonds. The number of pyridine rings is 1. The van der Waals surface area contributed by atoms with Gasteiger partial charge in [0, 0.05) is 11.8 Å². The fourth-order valence-corrected chi connectivity index (χ4v) is 2.07. The molecule has 0 bridgehead atoms. The molecule has 0 saturated heterocycles. The summed E-state index contributed by atoms with van der Waals surface area (Å²) >= 11 is 0. The number of hydrogen-bond acceptors (Lipinski definition) is 3. The quantitative estimate of drug-likeness (QED) is 0.608. The van der Waals surface area contributed by atoms with Gasteiger partial charge in [-0.3, -0.25) is 9.78 Å². The molecule has 0 fully saturated rings. The second kappa shape index (κ2) is 5.10. The maximum Gasteiger partial charge on any atom is 0.192 e. The van der Waals surface area contributed by atoms with Gasteiger partial charge in [-0.05, 0) is 30.3 Å². The van der Waals surface area contributed by atoms with E-state index in [1.807, 2.05) is 0 Å². The van der Waals surface area contributed by atoms with Crippen LogP contribution in [0.3, 0.4) is 0 Å². The molecule has 94 valence electrons. The lowest BCUT2D eigenvalue weighted by Gasteiger charge is -2.36. The highest BCUT2D eigenvalue weighted by Gasteiger charge is 2.37. The van der Waals surface area contributed by atoms with E-state index in [9.17, 15) is 4.79 Å². The van der Waals surface area contributed by atoms with Crippen molar-refractivity contribution in [2.24, 2.45) is 0 Å². The molecule has 0 unspecified atom stereocenters. The highest BCUT2D eigenvalue weighted by Crippen LogP contribution is 2.37. The number of rotatable bonds is 4. The third kappa shape index (κ3) is 3.48. The highest BCUT2D eigenvalue weighted by atomic mass is 28.4. The van der Waals surface area contributed by atoms with Gasteiger partial charge in [0.05, 0.1) is 12.3 Å². The van der Waals surface area contributed by atoms with E-state index in [0.717, 1.165) is 12.0 Å². The van der Waals surface area contributed by atoms with Crippen LogP contribution in [0.4, 0.5) is 0 Å². The van der Waals surface area contributed by atoms with Crippen molar-refractivity contribution in [3.8, 4) is 0 Å². The van der Waals surface area contributed by atoms with E-state index in [1.54, 1.807) is 18.3 Å². The van der Waals surface area contributed by atoms with Crippen LogP contribution in [-0.2, 0) is 11.0 Å². The maximum absolute atomic E-state index is 10.9. The van der Waals surface area contributed by atoms with Gasteiger partial charge in [-0.15, -0.1) is 0 Å². The molecule has 0 spiro atoms. The van der Waals surface area contributed by atoms with Gasteiger partial charge in [-0.2, -0.15) is 0 Å². The van der Waals surface area contributed by atoms with Crippen molar-refractivity contribution < 1.29 is 9.22 Å². The number of aromatic nitrogens is 1. The summed E-state index contributed by atoms with van der Waals surface area (Å²) in [4.78, 5) is 15.1. The topological polar surface area (TPSA) is 39.2 Å². The fourth-order valence-electron chi connectivity index (χ4n) is 1.14. The van der Waals surface area contributed by atoms with Crippen LogP contribution in [0.25, 0.3) is 0 Å². The SMILES string of the molecule is CC(C)(C)[Si](C)(C)OCc1ncccc1C=O. The Bertz CT molecular complexity index is 397. The first kappa shape index (κ1) is 14.1. The van der Waals surface area contributed by atoms with Crippen molar-refractivity contribution in [3.63, 3.8) is 0 Å². The molecule has 0 aliphatic heterocycles. The summed E-state index contributed by atoms with van der Waals surface area (Å²) in [6.07, 6.45) is 2.52. The van der Waals surface area contributed by atoms with E-state index < -0.39 is 8.32 Å². The lowest BCUT2D eigenvalue weighted by atomic mass is 10.2. The summed E-state index contributed by atoms with van der Waals surface area (Å²) in [6, 6.07) is 3.53. The van der Waals surface area contributed by atoms with Crippen molar-refractivity contribution >= 4 is 14.6 Å². The Balaban J connectivity index is 2.77. The lowest BCUT2D eigenvalue weighted by Crippen LogP contribution is -2.40. The van der Waals surface area contributed by atoms with Gasteiger partial charge in [-0.25, -0.2) is 0 Å². The van der Waals surface area contributed by atoms with Gasteiger partial charge in [0.25, 0.3) is 0 Å². The zero-order chi connectivity index (χ0) is 13.1. The zero-order valence-corrected chi connectivity index (χ0v) is 12.3. The molecule has 0 saturated carbocycles. The van der Waals surface area contributed by atoms with Gasteiger partial charge in [0.15, 0.2) is 14.6 Å². The average Bonchev–Trinajstić information content (AvgIpc) is 2.25. The van der Waals surface area contributed by atoms with Gasteiger partial charge in [0.2, 0.25) is 0 Å².